The monoisotopic (exact) mass is 283 g/mol. The summed E-state index contributed by atoms with van der Waals surface area (Å²) in [5.41, 5.74) is 2.23. The summed E-state index contributed by atoms with van der Waals surface area (Å²) >= 11 is 0. The van der Waals surface area contributed by atoms with E-state index in [1.165, 1.54) is 37.7 Å². The van der Waals surface area contributed by atoms with E-state index in [0.29, 0.717) is 0 Å². The molecule has 3 heteroatoms. The normalized spacial score (nSPS) is 17.4. The van der Waals surface area contributed by atoms with E-state index in [0.717, 1.165) is 30.2 Å². The Morgan fingerprint density at radius 2 is 1.95 bits per heavy atom. The van der Waals surface area contributed by atoms with Crippen LogP contribution in [0.5, 0.6) is 0 Å². The molecular weight excluding hydrogens is 258 g/mol. The third-order valence-corrected chi connectivity index (χ3v) is 4.53. The first-order valence-electron chi connectivity index (χ1n) is 8.05. The van der Waals surface area contributed by atoms with Crippen molar-refractivity contribution in [3.05, 3.63) is 42.1 Å². The number of para-hydroxylation sites is 1. The van der Waals surface area contributed by atoms with Crippen LogP contribution < -0.4 is 5.32 Å². The lowest BCUT2D eigenvalue weighted by Gasteiger charge is -2.28. The summed E-state index contributed by atoms with van der Waals surface area (Å²) in [7, 11) is 2.22. The Morgan fingerprint density at radius 3 is 2.81 bits per heavy atom. The highest BCUT2D eigenvalue weighted by Gasteiger charge is 2.15. The lowest BCUT2D eigenvalue weighted by Crippen LogP contribution is -2.31. The van der Waals surface area contributed by atoms with Gasteiger partial charge in [0.1, 0.15) is 0 Å². The Kier molecular flexibility index (Phi) is 4.84. The molecule has 0 amide bonds. The zero-order chi connectivity index (χ0) is 14.5. The van der Waals surface area contributed by atoms with Gasteiger partial charge in [-0.2, -0.15) is 0 Å². The third kappa shape index (κ3) is 4.02. The van der Waals surface area contributed by atoms with Gasteiger partial charge in [0.05, 0.1) is 11.2 Å². The first-order valence-corrected chi connectivity index (χ1v) is 8.05. The van der Waals surface area contributed by atoms with Crippen LogP contribution in [0.15, 0.2) is 36.4 Å². The van der Waals surface area contributed by atoms with Crippen molar-refractivity contribution in [1.82, 2.24) is 15.2 Å². The van der Waals surface area contributed by atoms with Gasteiger partial charge in [-0.3, -0.25) is 4.98 Å². The minimum atomic E-state index is 0.872. The number of aromatic nitrogens is 1. The van der Waals surface area contributed by atoms with Crippen LogP contribution in [0.2, 0.25) is 0 Å². The molecule has 0 atom stereocenters. The molecule has 1 aromatic heterocycles. The van der Waals surface area contributed by atoms with Crippen LogP contribution >= 0.6 is 0 Å². The molecule has 21 heavy (non-hydrogen) atoms. The van der Waals surface area contributed by atoms with Gasteiger partial charge >= 0.3 is 0 Å². The van der Waals surface area contributed by atoms with Crippen LogP contribution in [-0.2, 0) is 6.54 Å². The second-order valence-electron chi connectivity index (χ2n) is 6.21. The van der Waals surface area contributed by atoms with Crippen molar-refractivity contribution in [1.29, 1.82) is 0 Å². The Hall–Kier alpha value is -1.45. The smallest absolute Gasteiger partial charge is 0.0705 e. The molecule has 1 aliphatic rings. The lowest BCUT2D eigenvalue weighted by atomic mass is 9.94. The Morgan fingerprint density at radius 1 is 1.14 bits per heavy atom. The Balaban J connectivity index is 1.44. The van der Waals surface area contributed by atoms with Crippen LogP contribution in [-0.4, -0.2) is 36.6 Å². The van der Waals surface area contributed by atoms with E-state index in [1.54, 1.807) is 0 Å². The molecule has 0 unspecified atom stereocenters. The van der Waals surface area contributed by atoms with Crippen LogP contribution in [0.4, 0.5) is 0 Å². The molecule has 2 aromatic rings. The van der Waals surface area contributed by atoms with E-state index in [4.69, 9.17) is 4.98 Å². The zero-order valence-electron chi connectivity index (χ0n) is 12.9. The van der Waals surface area contributed by atoms with Crippen molar-refractivity contribution in [2.75, 3.05) is 26.7 Å². The van der Waals surface area contributed by atoms with E-state index in [9.17, 15) is 0 Å². The van der Waals surface area contributed by atoms with Gasteiger partial charge in [-0.1, -0.05) is 24.3 Å². The van der Waals surface area contributed by atoms with Crippen molar-refractivity contribution in [2.45, 2.75) is 25.8 Å². The largest absolute Gasteiger partial charge is 0.311 e. The van der Waals surface area contributed by atoms with Crippen LogP contribution in [0.1, 0.15) is 25.0 Å². The quantitative estimate of drug-likeness (QED) is 0.855. The van der Waals surface area contributed by atoms with Gasteiger partial charge in [-0.15, -0.1) is 0 Å². The Labute approximate surface area is 127 Å². The van der Waals surface area contributed by atoms with Gasteiger partial charge < -0.3 is 10.2 Å². The molecule has 0 spiro atoms. The summed E-state index contributed by atoms with van der Waals surface area (Å²) in [5.74, 6) is 0.901. The fourth-order valence-corrected chi connectivity index (χ4v) is 3.08. The fourth-order valence-electron chi connectivity index (χ4n) is 3.08. The van der Waals surface area contributed by atoms with Gasteiger partial charge in [0, 0.05) is 11.9 Å². The van der Waals surface area contributed by atoms with Crippen LogP contribution in [0.25, 0.3) is 10.9 Å². The summed E-state index contributed by atoms with van der Waals surface area (Å²) in [6, 6.07) is 12.6. The number of hydrogen-bond acceptors (Lipinski definition) is 3. The number of fused-ring (bicyclic) bond motifs is 1. The second kappa shape index (κ2) is 7.01. The standard InChI is InChI=1S/C18H25N3/c1-21-12-9-15(10-13-21)8-11-19-14-17-7-6-16-4-2-3-5-18(16)20-17/h2-7,15,19H,8-14H2,1H3. The molecule has 1 saturated heterocycles. The molecule has 2 heterocycles. The van der Waals surface area contributed by atoms with E-state index in [1.807, 2.05) is 6.07 Å². The van der Waals surface area contributed by atoms with Crippen molar-refractivity contribution >= 4 is 10.9 Å². The average Bonchev–Trinajstić information content (AvgIpc) is 2.53. The predicted molar refractivity (Wildman–Crippen MR) is 88.3 cm³/mol. The van der Waals surface area contributed by atoms with E-state index < -0.39 is 0 Å². The van der Waals surface area contributed by atoms with Crippen molar-refractivity contribution < 1.29 is 0 Å². The summed E-state index contributed by atoms with van der Waals surface area (Å²) in [5, 5.41) is 4.76. The summed E-state index contributed by atoms with van der Waals surface area (Å²) in [6.07, 6.45) is 4.00. The average molecular weight is 283 g/mol. The highest BCUT2D eigenvalue weighted by atomic mass is 15.1. The van der Waals surface area contributed by atoms with E-state index >= 15 is 0 Å². The molecule has 0 radical (unpaired) electrons. The van der Waals surface area contributed by atoms with Gasteiger partial charge in [0.15, 0.2) is 0 Å². The lowest BCUT2D eigenvalue weighted by molar-refractivity contribution is 0.211. The molecule has 1 aromatic carbocycles. The Bertz CT molecular complexity index is 573. The first kappa shape index (κ1) is 14.5. The molecule has 0 saturated carbocycles. The van der Waals surface area contributed by atoms with Gasteiger partial charge in [0.25, 0.3) is 0 Å². The van der Waals surface area contributed by atoms with E-state index in [2.05, 4.69) is 47.6 Å². The second-order valence-corrected chi connectivity index (χ2v) is 6.21. The number of likely N-dealkylation sites (tertiary alicyclic amines) is 1. The zero-order valence-corrected chi connectivity index (χ0v) is 12.9. The SMILES string of the molecule is CN1CCC(CCNCc2ccc3ccccc3n2)CC1. The van der Waals surface area contributed by atoms with Crippen molar-refractivity contribution in [2.24, 2.45) is 5.92 Å². The molecule has 3 nitrogen and oxygen atoms in total. The maximum Gasteiger partial charge on any atom is 0.0705 e. The van der Waals surface area contributed by atoms with Crippen LogP contribution in [0.3, 0.4) is 0 Å². The van der Waals surface area contributed by atoms with Gasteiger partial charge in [0.2, 0.25) is 0 Å². The molecule has 1 N–H and O–H groups in total. The molecule has 0 bridgehead atoms. The van der Waals surface area contributed by atoms with Crippen LogP contribution in [0, 0.1) is 5.92 Å². The molecular formula is C18H25N3. The molecule has 1 aliphatic heterocycles. The molecule has 112 valence electrons. The van der Waals surface area contributed by atoms with E-state index in [-0.39, 0.29) is 0 Å². The summed E-state index contributed by atoms with van der Waals surface area (Å²) in [6.45, 7) is 4.49. The minimum absolute atomic E-state index is 0.872. The van der Waals surface area contributed by atoms with Crippen molar-refractivity contribution in [3.63, 3.8) is 0 Å². The first-order chi connectivity index (χ1) is 10.3. The summed E-state index contributed by atoms with van der Waals surface area (Å²) < 4.78 is 0. The summed E-state index contributed by atoms with van der Waals surface area (Å²) in [4.78, 5) is 7.13. The molecule has 3 rings (SSSR count). The number of benzene rings is 1. The predicted octanol–water partition coefficient (Wildman–Crippen LogP) is 3.06. The van der Waals surface area contributed by atoms with Gasteiger partial charge in [-0.05, 0) is 64.0 Å². The third-order valence-electron chi connectivity index (χ3n) is 4.53. The van der Waals surface area contributed by atoms with Crippen molar-refractivity contribution in [3.8, 4) is 0 Å². The fraction of sp³-hybridized carbons (Fsp3) is 0.500. The number of nitrogens with one attached hydrogen (secondary N) is 1. The number of piperidine rings is 1. The molecule has 1 fully saturated rings. The topological polar surface area (TPSA) is 28.2 Å². The number of hydrogen-bond donors (Lipinski definition) is 1. The highest BCUT2D eigenvalue weighted by Crippen LogP contribution is 2.18. The number of nitrogens with zero attached hydrogens (tertiary/aromatic N) is 2. The number of pyridine rings is 1. The maximum absolute atomic E-state index is 4.70. The minimum Gasteiger partial charge on any atom is -0.311 e. The molecule has 0 aliphatic carbocycles. The number of rotatable bonds is 5. The maximum atomic E-state index is 4.70. The van der Waals surface area contributed by atoms with Gasteiger partial charge in [-0.25, -0.2) is 0 Å². The highest BCUT2D eigenvalue weighted by molar-refractivity contribution is 5.78.